The number of rotatable bonds is 7. The molecule has 1 saturated carbocycles. The monoisotopic (exact) mass is 364 g/mol. The topological polar surface area (TPSA) is 98.7 Å². The van der Waals surface area contributed by atoms with E-state index in [1.807, 2.05) is 13.8 Å². The van der Waals surface area contributed by atoms with Crippen molar-refractivity contribution in [1.29, 1.82) is 0 Å². The highest BCUT2D eigenvalue weighted by Crippen LogP contribution is 2.28. The number of hydrogen-bond acceptors (Lipinski definition) is 7. The first-order valence-electron chi connectivity index (χ1n) is 8.73. The van der Waals surface area contributed by atoms with Gasteiger partial charge in [-0.25, -0.2) is 9.67 Å². The van der Waals surface area contributed by atoms with E-state index in [0.717, 1.165) is 12.8 Å². The number of carbonyl (C=O) groups is 1. The van der Waals surface area contributed by atoms with Crippen molar-refractivity contribution in [3.63, 3.8) is 0 Å². The van der Waals surface area contributed by atoms with Crippen LogP contribution in [0.25, 0.3) is 0 Å². The number of hydrogen-bond donors (Lipinski definition) is 1. The molecular formula is C16H24N6O2S. The van der Waals surface area contributed by atoms with Crippen LogP contribution in [0.15, 0.2) is 22.3 Å². The summed E-state index contributed by atoms with van der Waals surface area (Å²) in [4.78, 5) is 16.6. The van der Waals surface area contributed by atoms with Gasteiger partial charge in [0.2, 0.25) is 11.8 Å². The number of carbonyl (C=O) groups excluding carboxylic acids is 1. The first kappa shape index (κ1) is 17.9. The fourth-order valence-electron chi connectivity index (χ4n) is 2.93. The summed E-state index contributed by atoms with van der Waals surface area (Å²) in [6.45, 7) is 4.43. The van der Waals surface area contributed by atoms with E-state index >= 15 is 0 Å². The maximum Gasteiger partial charge on any atom is 0.277 e. The Morgan fingerprint density at radius 1 is 1.36 bits per heavy atom. The van der Waals surface area contributed by atoms with Gasteiger partial charge in [0.1, 0.15) is 19.2 Å². The van der Waals surface area contributed by atoms with E-state index in [0.29, 0.717) is 23.7 Å². The van der Waals surface area contributed by atoms with E-state index in [2.05, 4.69) is 25.6 Å². The zero-order valence-electron chi connectivity index (χ0n) is 14.6. The van der Waals surface area contributed by atoms with Crippen LogP contribution in [0.5, 0.6) is 0 Å². The molecule has 2 heterocycles. The summed E-state index contributed by atoms with van der Waals surface area (Å²) in [7, 11) is 0. The van der Waals surface area contributed by atoms with Gasteiger partial charge >= 0.3 is 0 Å². The van der Waals surface area contributed by atoms with Gasteiger partial charge in [-0.05, 0) is 18.8 Å². The molecular weight excluding hydrogens is 340 g/mol. The lowest BCUT2D eigenvalue weighted by Crippen LogP contribution is -2.42. The predicted molar refractivity (Wildman–Crippen MR) is 92.9 cm³/mol. The molecule has 0 radical (unpaired) electrons. The minimum absolute atomic E-state index is 0.0583. The minimum atomic E-state index is -0.249. The van der Waals surface area contributed by atoms with Crippen molar-refractivity contribution < 1.29 is 9.21 Å². The Labute approximate surface area is 151 Å². The van der Waals surface area contributed by atoms with Crippen LogP contribution in [0.3, 0.4) is 0 Å². The third kappa shape index (κ3) is 5.04. The van der Waals surface area contributed by atoms with Gasteiger partial charge in [-0.2, -0.15) is 5.10 Å². The summed E-state index contributed by atoms with van der Waals surface area (Å²) in [6, 6.07) is 0.300. The Bertz CT molecular complexity index is 666. The fourth-order valence-corrected chi connectivity index (χ4v) is 3.83. The van der Waals surface area contributed by atoms with Crippen LogP contribution >= 0.6 is 11.8 Å². The number of aromatic nitrogens is 5. The van der Waals surface area contributed by atoms with Crippen molar-refractivity contribution in [3.05, 3.63) is 18.5 Å². The normalized spacial score (nSPS) is 16.9. The number of nitrogens with one attached hydrogen (secondary N) is 1. The zero-order valence-corrected chi connectivity index (χ0v) is 15.4. The second-order valence-electron chi connectivity index (χ2n) is 6.68. The van der Waals surface area contributed by atoms with E-state index in [4.69, 9.17) is 4.42 Å². The summed E-state index contributed by atoms with van der Waals surface area (Å²) in [5, 5.41) is 15.4. The Hall–Kier alpha value is -1.90. The number of amides is 1. The van der Waals surface area contributed by atoms with Gasteiger partial charge < -0.3 is 9.73 Å². The van der Waals surface area contributed by atoms with Gasteiger partial charge in [0.05, 0.1) is 5.25 Å². The second kappa shape index (κ2) is 8.46. The van der Waals surface area contributed by atoms with E-state index in [1.54, 1.807) is 11.0 Å². The van der Waals surface area contributed by atoms with Gasteiger partial charge in [0, 0.05) is 6.04 Å². The first-order chi connectivity index (χ1) is 12.1. The molecule has 1 aliphatic carbocycles. The number of nitrogens with zero attached hydrogens (tertiary/aromatic N) is 5. The molecule has 2 aromatic rings. The Morgan fingerprint density at radius 2 is 2.16 bits per heavy atom. The highest BCUT2D eigenvalue weighted by atomic mass is 32.2. The molecule has 3 rings (SSSR count). The standard InChI is InChI=1S/C16H24N6O2S/c1-11(2)14(15(23)19-12-6-4-3-5-7-12)25-16-21-20-13(24-16)8-22-10-17-9-18-22/h9-12,14H,3-8H2,1-2H3,(H,19,23). The number of thioether (sulfide) groups is 1. The molecule has 8 nitrogen and oxygen atoms in total. The summed E-state index contributed by atoms with van der Waals surface area (Å²) in [5.41, 5.74) is 0. The van der Waals surface area contributed by atoms with Crippen LogP contribution in [-0.4, -0.2) is 42.2 Å². The Balaban J connectivity index is 1.59. The molecule has 0 saturated heterocycles. The average molecular weight is 364 g/mol. The largest absolute Gasteiger partial charge is 0.414 e. The molecule has 25 heavy (non-hydrogen) atoms. The second-order valence-corrected chi connectivity index (χ2v) is 7.77. The van der Waals surface area contributed by atoms with Crippen LogP contribution < -0.4 is 5.32 Å². The molecule has 0 aliphatic heterocycles. The van der Waals surface area contributed by atoms with E-state index in [9.17, 15) is 4.79 Å². The first-order valence-corrected chi connectivity index (χ1v) is 9.61. The summed E-state index contributed by atoms with van der Waals surface area (Å²) >= 11 is 1.33. The van der Waals surface area contributed by atoms with E-state index in [1.165, 1.54) is 37.4 Å². The van der Waals surface area contributed by atoms with E-state index in [-0.39, 0.29) is 17.1 Å². The van der Waals surface area contributed by atoms with Gasteiger partial charge in [-0.3, -0.25) is 4.79 Å². The van der Waals surface area contributed by atoms with Crippen LogP contribution in [-0.2, 0) is 11.3 Å². The van der Waals surface area contributed by atoms with Crippen molar-refractivity contribution in [2.24, 2.45) is 5.92 Å². The van der Waals surface area contributed by atoms with E-state index < -0.39 is 0 Å². The minimum Gasteiger partial charge on any atom is -0.414 e. The quantitative estimate of drug-likeness (QED) is 0.752. The van der Waals surface area contributed by atoms with Crippen molar-refractivity contribution in [2.45, 2.75) is 69.0 Å². The highest BCUT2D eigenvalue weighted by molar-refractivity contribution is 8.00. The highest BCUT2D eigenvalue weighted by Gasteiger charge is 2.28. The summed E-state index contributed by atoms with van der Waals surface area (Å²) < 4.78 is 7.26. The third-order valence-corrected chi connectivity index (χ3v) is 5.63. The van der Waals surface area contributed by atoms with Crippen molar-refractivity contribution in [3.8, 4) is 0 Å². The van der Waals surface area contributed by atoms with Gasteiger partial charge in [-0.15, -0.1) is 10.2 Å². The SMILES string of the molecule is CC(C)C(Sc1nnc(Cn2cncn2)o1)C(=O)NC1CCCCC1. The summed E-state index contributed by atoms with van der Waals surface area (Å²) in [5.74, 6) is 0.672. The van der Waals surface area contributed by atoms with Gasteiger partial charge in [0.15, 0.2) is 0 Å². The molecule has 0 spiro atoms. The Morgan fingerprint density at radius 3 is 2.84 bits per heavy atom. The third-order valence-electron chi connectivity index (χ3n) is 4.26. The van der Waals surface area contributed by atoms with Gasteiger partial charge in [-0.1, -0.05) is 44.9 Å². The molecule has 9 heteroatoms. The van der Waals surface area contributed by atoms with Crippen molar-refractivity contribution >= 4 is 17.7 Å². The lowest BCUT2D eigenvalue weighted by atomic mass is 9.95. The molecule has 2 aromatic heterocycles. The molecule has 1 atom stereocenters. The molecule has 1 amide bonds. The van der Waals surface area contributed by atoms with Crippen molar-refractivity contribution in [2.75, 3.05) is 0 Å². The smallest absolute Gasteiger partial charge is 0.277 e. The average Bonchev–Trinajstić information content (AvgIpc) is 3.25. The summed E-state index contributed by atoms with van der Waals surface area (Å²) in [6.07, 6.45) is 8.85. The van der Waals surface area contributed by atoms with Crippen LogP contribution in [0.4, 0.5) is 0 Å². The predicted octanol–water partition coefficient (Wildman–Crippen LogP) is 2.27. The van der Waals surface area contributed by atoms with Crippen LogP contribution in [0.1, 0.15) is 51.8 Å². The molecule has 1 unspecified atom stereocenters. The van der Waals surface area contributed by atoms with Crippen LogP contribution in [0.2, 0.25) is 0 Å². The zero-order chi connectivity index (χ0) is 17.6. The fraction of sp³-hybridized carbons (Fsp3) is 0.688. The molecule has 0 aromatic carbocycles. The maximum atomic E-state index is 12.7. The van der Waals surface area contributed by atoms with Crippen LogP contribution in [0, 0.1) is 5.92 Å². The Kier molecular flexibility index (Phi) is 6.06. The molecule has 1 N–H and O–H groups in total. The maximum absolute atomic E-state index is 12.7. The molecule has 136 valence electrons. The lowest BCUT2D eigenvalue weighted by molar-refractivity contribution is -0.122. The van der Waals surface area contributed by atoms with Crippen molar-refractivity contribution in [1.82, 2.24) is 30.3 Å². The molecule has 1 aliphatic rings. The lowest BCUT2D eigenvalue weighted by Gasteiger charge is -2.26. The molecule has 1 fully saturated rings. The molecule has 0 bridgehead atoms. The van der Waals surface area contributed by atoms with Gasteiger partial charge in [0.25, 0.3) is 5.22 Å².